The Kier molecular flexibility index (Phi) is 3.93. The first kappa shape index (κ1) is 12.8. The van der Waals surface area contributed by atoms with Gasteiger partial charge in [-0.2, -0.15) is 0 Å². The van der Waals surface area contributed by atoms with Gasteiger partial charge >= 0.3 is 11.8 Å². The van der Waals surface area contributed by atoms with Gasteiger partial charge in [0, 0.05) is 5.56 Å². The van der Waals surface area contributed by atoms with Crippen LogP contribution < -0.4 is 0 Å². The van der Waals surface area contributed by atoms with Gasteiger partial charge in [0.2, 0.25) is 0 Å². The Hall–Kier alpha value is -2.62. The zero-order chi connectivity index (χ0) is 13.7. The molecule has 0 aliphatic heterocycles. The summed E-state index contributed by atoms with van der Waals surface area (Å²) in [5.41, 5.74) is 1.53. The second-order valence-corrected chi connectivity index (χ2v) is 3.77. The Labute approximate surface area is 110 Å². The normalized spacial score (nSPS) is 10.6. The molecule has 2 aromatic rings. The smallest absolute Gasteiger partial charge is 0.382 e. The summed E-state index contributed by atoms with van der Waals surface area (Å²) in [4.78, 5) is 22.8. The van der Waals surface area contributed by atoms with Crippen LogP contribution >= 0.6 is 0 Å². The van der Waals surface area contributed by atoms with Crippen LogP contribution in [-0.2, 0) is 9.53 Å². The van der Waals surface area contributed by atoms with Gasteiger partial charge in [-0.3, -0.25) is 4.79 Å². The highest BCUT2D eigenvalue weighted by Crippen LogP contribution is 2.15. The largest absolute Gasteiger partial charge is 0.463 e. The molecular weight excluding hydrogens is 244 g/mol. The molecule has 0 amide bonds. The molecule has 19 heavy (non-hydrogen) atoms. The van der Waals surface area contributed by atoms with Crippen LogP contribution in [-0.4, -0.2) is 18.9 Å². The molecule has 0 aliphatic rings. The van der Waals surface area contributed by atoms with Gasteiger partial charge in [0.25, 0.3) is 0 Å². The van der Waals surface area contributed by atoms with Crippen LogP contribution in [0.3, 0.4) is 0 Å². The molecule has 1 aromatic heterocycles. The Balaban J connectivity index is 2.23. The summed E-state index contributed by atoms with van der Waals surface area (Å²) in [7, 11) is 1.16. The quantitative estimate of drug-likeness (QED) is 0.479. The summed E-state index contributed by atoms with van der Waals surface area (Å²) in [6.45, 7) is 0. The number of ketones is 1. The van der Waals surface area contributed by atoms with E-state index in [2.05, 4.69) is 4.74 Å². The number of benzene rings is 1. The van der Waals surface area contributed by atoms with E-state index in [-0.39, 0.29) is 5.76 Å². The van der Waals surface area contributed by atoms with Crippen molar-refractivity contribution in [1.82, 2.24) is 0 Å². The van der Waals surface area contributed by atoms with Crippen molar-refractivity contribution in [2.75, 3.05) is 7.11 Å². The number of carbonyl (C=O) groups excluding carboxylic acids is 2. The molecule has 0 spiro atoms. The van der Waals surface area contributed by atoms with Crippen molar-refractivity contribution < 1.29 is 18.7 Å². The first-order valence-electron chi connectivity index (χ1n) is 5.65. The minimum absolute atomic E-state index is 0.0148. The van der Waals surface area contributed by atoms with E-state index in [0.717, 1.165) is 12.7 Å². The van der Waals surface area contributed by atoms with E-state index in [1.807, 2.05) is 36.4 Å². The minimum atomic E-state index is -0.940. The SMILES string of the molecule is COC(=O)C(=O)c1occc1/C=C/c1ccccc1. The average molecular weight is 256 g/mol. The molecular formula is C15H12O4. The Morgan fingerprint density at radius 2 is 1.84 bits per heavy atom. The van der Waals surface area contributed by atoms with Gasteiger partial charge in [0.15, 0.2) is 5.76 Å². The number of hydrogen-bond donors (Lipinski definition) is 0. The van der Waals surface area contributed by atoms with Crippen LogP contribution in [0.15, 0.2) is 47.1 Å². The van der Waals surface area contributed by atoms with Gasteiger partial charge in [-0.15, -0.1) is 0 Å². The summed E-state index contributed by atoms with van der Waals surface area (Å²) in [5.74, 6) is -1.75. The third-order valence-corrected chi connectivity index (χ3v) is 2.53. The van der Waals surface area contributed by atoms with E-state index in [1.165, 1.54) is 6.26 Å². The van der Waals surface area contributed by atoms with Crippen molar-refractivity contribution in [1.29, 1.82) is 0 Å². The molecule has 0 aliphatic carbocycles. The summed E-state index contributed by atoms with van der Waals surface area (Å²) in [5, 5.41) is 0. The van der Waals surface area contributed by atoms with Crippen LogP contribution in [0.1, 0.15) is 21.7 Å². The van der Waals surface area contributed by atoms with Crippen molar-refractivity contribution >= 4 is 23.9 Å². The van der Waals surface area contributed by atoms with Crippen LogP contribution in [0, 0.1) is 0 Å². The van der Waals surface area contributed by atoms with Gasteiger partial charge in [-0.1, -0.05) is 42.5 Å². The molecule has 0 bridgehead atoms. The molecule has 1 aromatic carbocycles. The van der Waals surface area contributed by atoms with Crippen molar-refractivity contribution in [2.45, 2.75) is 0 Å². The van der Waals surface area contributed by atoms with Crippen LogP contribution in [0.25, 0.3) is 12.2 Å². The molecule has 0 saturated heterocycles. The summed E-state index contributed by atoms with van der Waals surface area (Å²) in [6.07, 6.45) is 4.91. The van der Waals surface area contributed by atoms with Crippen molar-refractivity contribution in [3.63, 3.8) is 0 Å². The molecule has 0 saturated carbocycles. The first-order chi connectivity index (χ1) is 9.22. The predicted octanol–water partition coefficient (Wildman–Crippen LogP) is 2.81. The lowest BCUT2D eigenvalue weighted by atomic mass is 10.1. The topological polar surface area (TPSA) is 56.5 Å². The average Bonchev–Trinajstić information content (AvgIpc) is 2.93. The Morgan fingerprint density at radius 1 is 1.11 bits per heavy atom. The lowest BCUT2D eigenvalue weighted by Gasteiger charge is -1.97. The lowest BCUT2D eigenvalue weighted by Crippen LogP contribution is -2.15. The number of esters is 1. The van der Waals surface area contributed by atoms with E-state index in [9.17, 15) is 9.59 Å². The summed E-state index contributed by atoms with van der Waals surface area (Å²) >= 11 is 0. The summed E-state index contributed by atoms with van der Waals surface area (Å²) < 4.78 is 9.42. The molecule has 0 N–H and O–H groups in total. The van der Waals surface area contributed by atoms with Gasteiger partial charge < -0.3 is 9.15 Å². The van der Waals surface area contributed by atoms with Gasteiger partial charge in [0.1, 0.15) is 0 Å². The molecule has 0 fully saturated rings. The predicted molar refractivity (Wildman–Crippen MR) is 70.4 cm³/mol. The number of methoxy groups -OCH3 is 1. The van der Waals surface area contributed by atoms with Crippen LogP contribution in [0.5, 0.6) is 0 Å². The third-order valence-electron chi connectivity index (χ3n) is 2.53. The van der Waals surface area contributed by atoms with Gasteiger partial charge in [0.05, 0.1) is 13.4 Å². The molecule has 96 valence electrons. The number of furan rings is 1. The standard InChI is InChI=1S/C15H12O4/c1-18-15(17)13(16)14-12(9-10-19-14)8-7-11-5-3-2-4-6-11/h2-10H,1H3/b8-7+. The molecule has 2 rings (SSSR count). The van der Waals surface area contributed by atoms with Gasteiger partial charge in [-0.05, 0) is 11.6 Å². The zero-order valence-corrected chi connectivity index (χ0v) is 10.3. The van der Waals surface area contributed by atoms with Crippen LogP contribution in [0.2, 0.25) is 0 Å². The fourth-order valence-corrected chi connectivity index (χ4v) is 1.57. The molecule has 0 radical (unpaired) electrons. The molecule has 0 atom stereocenters. The number of hydrogen-bond acceptors (Lipinski definition) is 4. The molecule has 0 unspecified atom stereocenters. The number of rotatable bonds is 4. The maximum absolute atomic E-state index is 11.7. The lowest BCUT2D eigenvalue weighted by molar-refractivity contribution is -0.135. The maximum Gasteiger partial charge on any atom is 0.382 e. The minimum Gasteiger partial charge on any atom is -0.463 e. The Morgan fingerprint density at radius 3 is 2.53 bits per heavy atom. The molecule has 4 heteroatoms. The third kappa shape index (κ3) is 2.98. The number of ether oxygens (including phenoxy) is 1. The van der Waals surface area contributed by atoms with Crippen molar-refractivity contribution in [3.05, 3.63) is 59.5 Å². The fourth-order valence-electron chi connectivity index (χ4n) is 1.57. The Bertz CT molecular complexity index is 608. The highest BCUT2D eigenvalue weighted by molar-refractivity contribution is 6.40. The monoisotopic (exact) mass is 256 g/mol. The maximum atomic E-state index is 11.7. The van der Waals surface area contributed by atoms with E-state index in [0.29, 0.717) is 5.56 Å². The first-order valence-corrected chi connectivity index (χ1v) is 5.65. The van der Waals surface area contributed by atoms with Crippen molar-refractivity contribution in [2.24, 2.45) is 0 Å². The van der Waals surface area contributed by atoms with E-state index >= 15 is 0 Å². The summed E-state index contributed by atoms with van der Waals surface area (Å²) in [6, 6.07) is 11.2. The second kappa shape index (κ2) is 5.82. The molecule has 4 nitrogen and oxygen atoms in total. The number of carbonyl (C=O) groups is 2. The second-order valence-electron chi connectivity index (χ2n) is 3.77. The molecule has 1 heterocycles. The highest BCUT2D eigenvalue weighted by atomic mass is 16.5. The van der Waals surface area contributed by atoms with E-state index < -0.39 is 11.8 Å². The number of Topliss-reactive ketones (excluding diaryl/α,β-unsaturated/α-hetero) is 1. The van der Waals surface area contributed by atoms with E-state index in [1.54, 1.807) is 12.1 Å². The van der Waals surface area contributed by atoms with Crippen molar-refractivity contribution in [3.8, 4) is 0 Å². The van der Waals surface area contributed by atoms with Gasteiger partial charge in [-0.25, -0.2) is 4.79 Å². The highest BCUT2D eigenvalue weighted by Gasteiger charge is 2.22. The van der Waals surface area contributed by atoms with Crippen LogP contribution in [0.4, 0.5) is 0 Å². The van der Waals surface area contributed by atoms with E-state index in [4.69, 9.17) is 4.42 Å². The zero-order valence-electron chi connectivity index (χ0n) is 10.3. The fraction of sp³-hybridized carbons (Fsp3) is 0.0667.